The first-order chi connectivity index (χ1) is 12.8. The highest BCUT2D eigenvalue weighted by Gasteiger charge is 2.18. The van der Waals surface area contributed by atoms with Gasteiger partial charge in [0.15, 0.2) is 11.5 Å². The lowest BCUT2D eigenvalue weighted by atomic mass is 10.1. The molecule has 1 atom stereocenters. The Balaban J connectivity index is 2.09. The number of hydrogen-bond donors (Lipinski definition) is 2. The predicted molar refractivity (Wildman–Crippen MR) is 97.5 cm³/mol. The van der Waals surface area contributed by atoms with Gasteiger partial charge in [-0.05, 0) is 42.0 Å². The average Bonchev–Trinajstić information content (AvgIpc) is 2.70. The molecule has 2 aromatic rings. The first kappa shape index (κ1) is 20.7. The van der Waals surface area contributed by atoms with Gasteiger partial charge in [-0.1, -0.05) is 6.07 Å². The molecule has 9 heteroatoms. The molecule has 1 unspecified atom stereocenters. The molecule has 0 bridgehead atoms. The van der Waals surface area contributed by atoms with E-state index >= 15 is 0 Å². The average molecular weight is 395 g/mol. The minimum absolute atomic E-state index is 0.0327. The number of aliphatic hydroxyl groups excluding tert-OH is 1. The largest absolute Gasteiger partial charge is 0.493 e. The van der Waals surface area contributed by atoms with E-state index in [1.807, 2.05) is 0 Å². The lowest BCUT2D eigenvalue weighted by Crippen LogP contribution is -2.28. The second-order valence-corrected chi connectivity index (χ2v) is 7.27. The van der Waals surface area contributed by atoms with Crippen LogP contribution in [-0.4, -0.2) is 47.4 Å². The molecule has 0 aliphatic rings. The molecule has 0 spiro atoms. The minimum Gasteiger partial charge on any atom is -0.493 e. The van der Waals surface area contributed by atoms with Crippen LogP contribution in [0.4, 0.5) is 0 Å². The fourth-order valence-corrected chi connectivity index (χ4v) is 3.38. The Morgan fingerprint density at radius 1 is 1.04 bits per heavy atom. The molecular weight excluding hydrogens is 374 g/mol. The molecule has 0 radical (unpaired) electrons. The Kier molecular flexibility index (Phi) is 6.78. The maximum absolute atomic E-state index is 12.4. The fraction of sp³-hybridized carbons (Fsp3) is 0.278. The summed E-state index contributed by atoms with van der Waals surface area (Å²) in [6.07, 6.45) is -1.09. The molecule has 0 aromatic heterocycles. The third kappa shape index (κ3) is 4.97. The Morgan fingerprint density at radius 2 is 1.67 bits per heavy atom. The monoisotopic (exact) mass is 395 g/mol. The molecule has 0 fully saturated rings. The molecule has 2 N–H and O–H groups in total. The molecule has 27 heavy (non-hydrogen) atoms. The minimum atomic E-state index is -3.86. The summed E-state index contributed by atoms with van der Waals surface area (Å²) in [5, 5.41) is 10.3. The molecular formula is C18H21NO7S. The second kappa shape index (κ2) is 8.85. The molecule has 0 saturated heterocycles. The smallest absolute Gasteiger partial charge is 0.337 e. The number of nitrogens with one attached hydrogen (secondary N) is 1. The summed E-state index contributed by atoms with van der Waals surface area (Å²) in [7, 11) is 0.342. The van der Waals surface area contributed by atoms with Crippen molar-refractivity contribution < 1.29 is 32.5 Å². The molecule has 8 nitrogen and oxygen atoms in total. The van der Waals surface area contributed by atoms with Crippen molar-refractivity contribution in [3.05, 3.63) is 53.6 Å². The van der Waals surface area contributed by atoms with Crippen LogP contribution in [0.5, 0.6) is 11.5 Å². The molecule has 2 rings (SSSR count). The number of methoxy groups -OCH3 is 3. The van der Waals surface area contributed by atoms with Crippen LogP contribution in [0.2, 0.25) is 0 Å². The third-order valence-electron chi connectivity index (χ3n) is 3.84. The van der Waals surface area contributed by atoms with Gasteiger partial charge in [-0.2, -0.15) is 0 Å². The Bertz CT molecular complexity index is 894. The van der Waals surface area contributed by atoms with Gasteiger partial charge in [0.1, 0.15) is 0 Å². The van der Waals surface area contributed by atoms with Crippen LogP contribution < -0.4 is 14.2 Å². The van der Waals surface area contributed by atoms with E-state index in [9.17, 15) is 18.3 Å². The normalized spacial score (nSPS) is 12.3. The number of ether oxygens (including phenoxy) is 3. The van der Waals surface area contributed by atoms with Crippen molar-refractivity contribution >= 4 is 16.0 Å². The molecule has 0 heterocycles. The van der Waals surface area contributed by atoms with E-state index in [2.05, 4.69) is 9.46 Å². The van der Waals surface area contributed by atoms with E-state index in [4.69, 9.17) is 9.47 Å². The number of carbonyl (C=O) groups is 1. The van der Waals surface area contributed by atoms with Gasteiger partial charge in [-0.15, -0.1) is 0 Å². The van der Waals surface area contributed by atoms with E-state index in [1.54, 1.807) is 18.2 Å². The summed E-state index contributed by atoms with van der Waals surface area (Å²) in [5.74, 6) is 0.366. The molecule has 0 amide bonds. The number of benzene rings is 2. The number of sulfonamides is 1. The third-order valence-corrected chi connectivity index (χ3v) is 5.28. The van der Waals surface area contributed by atoms with Gasteiger partial charge >= 0.3 is 5.97 Å². The first-order valence-electron chi connectivity index (χ1n) is 7.90. The Morgan fingerprint density at radius 3 is 2.22 bits per heavy atom. The fourth-order valence-electron chi connectivity index (χ4n) is 2.34. The summed E-state index contributed by atoms with van der Waals surface area (Å²) in [6, 6.07) is 10.1. The number of rotatable bonds is 8. The van der Waals surface area contributed by atoms with Crippen molar-refractivity contribution in [1.29, 1.82) is 0 Å². The van der Waals surface area contributed by atoms with Crippen LogP contribution in [0.15, 0.2) is 47.4 Å². The number of aliphatic hydroxyl groups is 1. The molecule has 2 aromatic carbocycles. The quantitative estimate of drug-likeness (QED) is 0.652. The summed E-state index contributed by atoms with van der Waals surface area (Å²) in [4.78, 5) is 11.4. The van der Waals surface area contributed by atoms with E-state index in [1.165, 1.54) is 45.6 Å². The summed E-state index contributed by atoms with van der Waals surface area (Å²) in [6.45, 7) is -0.240. The zero-order chi connectivity index (χ0) is 20.0. The van der Waals surface area contributed by atoms with Crippen molar-refractivity contribution in [3.63, 3.8) is 0 Å². The SMILES string of the molecule is COC(=O)c1ccc(S(=O)(=O)NCC(O)c2ccc(OC)c(OC)c2)cc1. The van der Waals surface area contributed by atoms with Crippen molar-refractivity contribution in [2.45, 2.75) is 11.0 Å². The maximum atomic E-state index is 12.4. The number of hydrogen-bond acceptors (Lipinski definition) is 7. The predicted octanol–water partition coefficient (Wildman–Crippen LogP) is 1.50. The standard InChI is InChI=1S/C18H21NO7S/c1-24-16-9-6-13(10-17(16)25-2)15(20)11-19-27(22,23)14-7-4-12(5-8-14)18(21)26-3/h4-10,15,19-20H,11H2,1-3H3. The van der Waals surface area contributed by atoms with Crippen LogP contribution in [-0.2, 0) is 14.8 Å². The Labute approximate surface area is 157 Å². The zero-order valence-electron chi connectivity index (χ0n) is 15.1. The van der Waals surface area contributed by atoms with E-state index in [-0.39, 0.29) is 17.0 Å². The highest BCUT2D eigenvalue weighted by atomic mass is 32.2. The van der Waals surface area contributed by atoms with Crippen molar-refractivity contribution in [1.82, 2.24) is 4.72 Å². The van der Waals surface area contributed by atoms with Gasteiger partial charge < -0.3 is 19.3 Å². The van der Waals surface area contributed by atoms with Crippen LogP contribution in [0.3, 0.4) is 0 Å². The molecule has 0 saturated carbocycles. The molecule has 0 aliphatic heterocycles. The highest BCUT2D eigenvalue weighted by Crippen LogP contribution is 2.29. The number of carbonyl (C=O) groups excluding carboxylic acids is 1. The highest BCUT2D eigenvalue weighted by molar-refractivity contribution is 7.89. The van der Waals surface area contributed by atoms with Crippen LogP contribution in [0.1, 0.15) is 22.0 Å². The van der Waals surface area contributed by atoms with Crippen molar-refractivity contribution in [2.75, 3.05) is 27.9 Å². The lowest BCUT2D eigenvalue weighted by molar-refractivity contribution is 0.0600. The van der Waals surface area contributed by atoms with E-state index in [0.29, 0.717) is 17.1 Å². The second-order valence-electron chi connectivity index (χ2n) is 5.50. The molecule has 146 valence electrons. The van der Waals surface area contributed by atoms with Crippen LogP contribution in [0, 0.1) is 0 Å². The van der Waals surface area contributed by atoms with Crippen molar-refractivity contribution in [3.8, 4) is 11.5 Å². The summed E-state index contributed by atoms with van der Waals surface area (Å²) < 4.78 is 41.9. The first-order valence-corrected chi connectivity index (χ1v) is 9.38. The van der Waals surface area contributed by atoms with Gasteiger partial charge in [0.05, 0.1) is 37.9 Å². The summed E-state index contributed by atoms with van der Waals surface area (Å²) >= 11 is 0. The Hall–Kier alpha value is -2.62. The zero-order valence-corrected chi connectivity index (χ0v) is 15.9. The van der Waals surface area contributed by atoms with E-state index in [0.717, 1.165) is 0 Å². The molecule has 0 aliphatic carbocycles. The van der Waals surface area contributed by atoms with Gasteiger partial charge in [0, 0.05) is 6.54 Å². The van der Waals surface area contributed by atoms with Gasteiger partial charge in [0.2, 0.25) is 10.0 Å². The van der Waals surface area contributed by atoms with Crippen LogP contribution in [0.25, 0.3) is 0 Å². The van der Waals surface area contributed by atoms with Gasteiger partial charge in [-0.3, -0.25) is 0 Å². The topological polar surface area (TPSA) is 111 Å². The van der Waals surface area contributed by atoms with Crippen LogP contribution >= 0.6 is 0 Å². The van der Waals surface area contributed by atoms with E-state index < -0.39 is 22.1 Å². The summed E-state index contributed by atoms with van der Waals surface area (Å²) in [5.41, 5.74) is 0.707. The van der Waals surface area contributed by atoms with Gasteiger partial charge in [0.25, 0.3) is 0 Å². The number of esters is 1. The van der Waals surface area contributed by atoms with Gasteiger partial charge in [-0.25, -0.2) is 17.9 Å². The maximum Gasteiger partial charge on any atom is 0.337 e. The lowest BCUT2D eigenvalue weighted by Gasteiger charge is -2.15. The van der Waals surface area contributed by atoms with Crippen molar-refractivity contribution in [2.24, 2.45) is 0 Å².